The Hall–Kier alpha value is -2.28. The summed E-state index contributed by atoms with van der Waals surface area (Å²) < 4.78 is 11.6. The molecule has 0 aromatic heterocycles. The van der Waals surface area contributed by atoms with Crippen LogP contribution in [0.2, 0.25) is 0 Å². The highest BCUT2D eigenvalue weighted by Crippen LogP contribution is 2.31. The molecule has 2 rings (SSSR count). The van der Waals surface area contributed by atoms with Crippen LogP contribution in [0.15, 0.2) is 24.3 Å². The molecule has 1 aliphatic heterocycles. The van der Waals surface area contributed by atoms with Crippen molar-refractivity contribution in [2.75, 3.05) is 20.2 Å². The first-order valence-corrected chi connectivity index (χ1v) is 8.37. The van der Waals surface area contributed by atoms with Crippen molar-refractivity contribution in [1.82, 2.24) is 15.5 Å². The van der Waals surface area contributed by atoms with Crippen LogP contribution >= 0.6 is 0 Å². The Balaban J connectivity index is 1.85. The zero-order chi connectivity index (χ0) is 18.6. The van der Waals surface area contributed by atoms with Gasteiger partial charge in [-0.1, -0.05) is 12.1 Å². The number of benzene rings is 1. The number of likely N-dealkylation sites (N-methyl/N-ethyl adjacent to an activating group) is 1. The summed E-state index contributed by atoms with van der Waals surface area (Å²) in [7, 11) is 1.82. The summed E-state index contributed by atoms with van der Waals surface area (Å²) in [5.41, 5.74) is -0.403. The normalized spacial score (nSPS) is 17.8. The van der Waals surface area contributed by atoms with E-state index in [-0.39, 0.29) is 12.0 Å². The van der Waals surface area contributed by atoms with Gasteiger partial charge in [-0.3, -0.25) is 15.0 Å². The second-order valence-corrected chi connectivity index (χ2v) is 7.31. The Morgan fingerprint density at radius 3 is 2.56 bits per heavy atom. The van der Waals surface area contributed by atoms with Crippen molar-refractivity contribution >= 4 is 11.9 Å². The Bertz CT molecular complexity index is 627. The number of nitrogens with one attached hydrogen (secondary N) is 2. The van der Waals surface area contributed by atoms with E-state index in [1.807, 2.05) is 57.0 Å². The zero-order valence-corrected chi connectivity index (χ0v) is 15.5. The molecule has 0 spiro atoms. The van der Waals surface area contributed by atoms with Gasteiger partial charge >= 0.3 is 6.03 Å². The maximum Gasteiger partial charge on any atom is 0.321 e. The summed E-state index contributed by atoms with van der Waals surface area (Å²) >= 11 is 0. The number of ether oxygens (including phenoxy) is 2. The van der Waals surface area contributed by atoms with Crippen LogP contribution < -0.4 is 20.1 Å². The molecule has 1 aliphatic rings. The van der Waals surface area contributed by atoms with Gasteiger partial charge in [0.1, 0.15) is 12.7 Å². The minimum Gasteiger partial charge on any atom is -0.486 e. The molecule has 2 atom stereocenters. The number of hydrogen-bond donors (Lipinski definition) is 2. The van der Waals surface area contributed by atoms with E-state index >= 15 is 0 Å². The van der Waals surface area contributed by atoms with E-state index in [1.165, 1.54) is 0 Å². The van der Waals surface area contributed by atoms with Gasteiger partial charge in [-0.05, 0) is 46.9 Å². The Kier molecular flexibility index (Phi) is 5.89. The number of carbonyl (C=O) groups excluding carboxylic acids is 2. The smallest absolute Gasteiger partial charge is 0.321 e. The van der Waals surface area contributed by atoms with E-state index in [1.54, 1.807) is 6.92 Å². The highest BCUT2D eigenvalue weighted by Gasteiger charge is 2.27. The van der Waals surface area contributed by atoms with Gasteiger partial charge in [0.05, 0.1) is 6.04 Å². The number of rotatable bonds is 4. The minimum atomic E-state index is -0.496. The molecule has 0 bridgehead atoms. The van der Waals surface area contributed by atoms with Crippen molar-refractivity contribution in [3.8, 4) is 11.5 Å². The van der Waals surface area contributed by atoms with Gasteiger partial charge in [-0.25, -0.2) is 4.79 Å². The molecule has 3 amide bonds. The maximum absolute atomic E-state index is 12.2. The van der Waals surface area contributed by atoms with Gasteiger partial charge in [0.2, 0.25) is 5.91 Å². The van der Waals surface area contributed by atoms with Crippen LogP contribution in [-0.4, -0.2) is 54.7 Å². The van der Waals surface area contributed by atoms with Gasteiger partial charge in [0.25, 0.3) is 0 Å². The summed E-state index contributed by atoms with van der Waals surface area (Å²) in [5.74, 6) is 1.07. The molecule has 138 valence electrons. The number of hydrogen-bond acceptors (Lipinski definition) is 5. The van der Waals surface area contributed by atoms with E-state index in [2.05, 4.69) is 10.6 Å². The number of nitrogens with zero attached hydrogens (tertiary/aromatic N) is 1. The molecule has 2 unspecified atom stereocenters. The Morgan fingerprint density at radius 1 is 1.28 bits per heavy atom. The van der Waals surface area contributed by atoms with E-state index in [9.17, 15) is 9.59 Å². The highest BCUT2D eigenvalue weighted by atomic mass is 16.6. The molecule has 1 aromatic carbocycles. The molecule has 1 heterocycles. The summed E-state index contributed by atoms with van der Waals surface area (Å²) in [4.78, 5) is 25.9. The molecule has 1 aromatic rings. The van der Waals surface area contributed by atoms with Crippen LogP contribution in [0.1, 0.15) is 27.7 Å². The molecule has 2 N–H and O–H groups in total. The van der Waals surface area contributed by atoms with Crippen molar-refractivity contribution in [3.05, 3.63) is 24.3 Å². The average Bonchev–Trinajstić information content (AvgIpc) is 2.52. The third-order valence-corrected chi connectivity index (χ3v) is 3.83. The van der Waals surface area contributed by atoms with E-state index in [4.69, 9.17) is 9.47 Å². The third kappa shape index (κ3) is 5.63. The number of urea groups is 1. The predicted molar refractivity (Wildman–Crippen MR) is 94.9 cm³/mol. The van der Waals surface area contributed by atoms with Crippen molar-refractivity contribution in [3.63, 3.8) is 0 Å². The summed E-state index contributed by atoms with van der Waals surface area (Å²) in [6, 6.07) is 6.52. The van der Waals surface area contributed by atoms with Crippen molar-refractivity contribution < 1.29 is 19.1 Å². The van der Waals surface area contributed by atoms with Crippen LogP contribution in [0.5, 0.6) is 11.5 Å². The van der Waals surface area contributed by atoms with E-state index < -0.39 is 17.6 Å². The Morgan fingerprint density at radius 2 is 1.92 bits per heavy atom. The molecular weight excluding hydrogens is 322 g/mol. The first-order valence-electron chi connectivity index (χ1n) is 8.37. The summed E-state index contributed by atoms with van der Waals surface area (Å²) in [5, 5.41) is 5.07. The Labute approximate surface area is 148 Å². The van der Waals surface area contributed by atoms with Gasteiger partial charge in [-0.15, -0.1) is 0 Å². The van der Waals surface area contributed by atoms with E-state index in [0.717, 1.165) is 5.75 Å². The number of carbonyl (C=O) groups is 2. The monoisotopic (exact) mass is 349 g/mol. The van der Waals surface area contributed by atoms with Gasteiger partial charge < -0.3 is 14.8 Å². The fourth-order valence-corrected chi connectivity index (χ4v) is 2.42. The van der Waals surface area contributed by atoms with Crippen molar-refractivity contribution in [1.29, 1.82) is 0 Å². The zero-order valence-electron chi connectivity index (χ0n) is 15.5. The minimum absolute atomic E-state index is 0.182. The van der Waals surface area contributed by atoms with Gasteiger partial charge in [0.15, 0.2) is 11.5 Å². The molecule has 0 fully saturated rings. The highest BCUT2D eigenvalue weighted by molar-refractivity contribution is 5.97. The second kappa shape index (κ2) is 7.74. The first-order chi connectivity index (χ1) is 11.7. The summed E-state index contributed by atoms with van der Waals surface area (Å²) in [6.45, 7) is 8.22. The predicted octanol–water partition coefficient (Wildman–Crippen LogP) is 1.77. The number of para-hydroxylation sites is 2. The lowest BCUT2D eigenvalue weighted by atomic mass is 10.1. The lowest BCUT2D eigenvalue weighted by molar-refractivity contribution is -0.124. The van der Waals surface area contributed by atoms with Crippen molar-refractivity contribution in [2.24, 2.45) is 0 Å². The molecule has 25 heavy (non-hydrogen) atoms. The quantitative estimate of drug-likeness (QED) is 0.866. The molecule has 7 nitrogen and oxygen atoms in total. The van der Waals surface area contributed by atoms with Crippen LogP contribution in [0.25, 0.3) is 0 Å². The molecule has 0 saturated carbocycles. The SMILES string of the molecule is CC(C(=O)NC(=O)NC(C)(C)C)N(C)CC1COc2ccccc2O1. The maximum atomic E-state index is 12.2. The van der Waals surface area contributed by atoms with Gasteiger partial charge in [0, 0.05) is 12.1 Å². The van der Waals surface area contributed by atoms with E-state index in [0.29, 0.717) is 18.9 Å². The molecule has 0 aliphatic carbocycles. The van der Waals surface area contributed by atoms with Crippen LogP contribution in [0.4, 0.5) is 4.79 Å². The largest absolute Gasteiger partial charge is 0.486 e. The second-order valence-electron chi connectivity index (χ2n) is 7.31. The number of imide groups is 1. The van der Waals surface area contributed by atoms with Crippen LogP contribution in [-0.2, 0) is 4.79 Å². The molecule has 7 heteroatoms. The third-order valence-electron chi connectivity index (χ3n) is 3.83. The summed E-state index contributed by atoms with van der Waals surface area (Å²) in [6.07, 6.45) is -0.182. The van der Waals surface area contributed by atoms with Crippen LogP contribution in [0.3, 0.4) is 0 Å². The lowest BCUT2D eigenvalue weighted by Crippen LogP contribution is -2.54. The number of fused-ring (bicyclic) bond motifs is 1. The number of amides is 3. The molecular formula is C18H27N3O4. The average molecular weight is 349 g/mol. The fraction of sp³-hybridized carbons (Fsp3) is 0.556. The molecule has 0 radical (unpaired) electrons. The van der Waals surface area contributed by atoms with Crippen LogP contribution in [0, 0.1) is 0 Å². The molecule has 0 saturated heterocycles. The fourth-order valence-electron chi connectivity index (χ4n) is 2.42. The van der Waals surface area contributed by atoms with Crippen molar-refractivity contribution in [2.45, 2.75) is 45.4 Å². The van der Waals surface area contributed by atoms with Gasteiger partial charge in [-0.2, -0.15) is 0 Å². The standard InChI is InChI=1S/C18H27N3O4/c1-12(16(22)19-17(23)20-18(2,3)4)21(5)10-13-11-24-14-8-6-7-9-15(14)25-13/h6-9,12-13H,10-11H2,1-5H3,(H2,19,20,22,23). The topological polar surface area (TPSA) is 79.9 Å². The first kappa shape index (κ1) is 19.1. The lowest BCUT2D eigenvalue weighted by Gasteiger charge is -2.31.